The number of hydrogen-bond acceptors (Lipinski definition) is 4. The topological polar surface area (TPSA) is 24.6 Å². The summed E-state index contributed by atoms with van der Waals surface area (Å²) in [5, 5.41) is 4.53. The summed E-state index contributed by atoms with van der Waals surface area (Å²) in [6.07, 6.45) is 0. The summed E-state index contributed by atoms with van der Waals surface area (Å²) in [6.45, 7) is 0. The number of rotatable bonds is 10. The van der Waals surface area contributed by atoms with Gasteiger partial charge in [-0.1, -0.05) is 254 Å². The second-order valence-corrected chi connectivity index (χ2v) is 24.5. The van der Waals surface area contributed by atoms with E-state index in [0.29, 0.717) is 0 Å². The molecule has 0 N–H and O–H groups in total. The first-order valence-corrected chi connectivity index (χ1v) is 31.6. The van der Waals surface area contributed by atoms with E-state index in [1.807, 2.05) is 11.8 Å². The molecule has 2 aliphatic rings. The highest BCUT2D eigenvalue weighted by atomic mass is 32.2. The summed E-state index contributed by atoms with van der Waals surface area (Å²) in [5.41, 5.74) is 25.0. The third-order valence-electron chi connectivity index (χ3n) is 18.6. The highest BCUT2D eigenvalue weighted by molar-refractivity contribution is 7.99. The summed E-state index contributed by atoms with van der Waals surface area (Å²) < 4.78 is 9.88. The van der Waals surface area contributed by atoms with E-state index in [1.165, 1.54) is 65.0 Å². The summed E-state index contributed by atoms with van der Waals surface area (Å²) in [4.78, 5) is 7.34. The van der Waals surface area contributed by atoms with Crippen molar-refractivity contribution in [1.29, 1.82) is 0 Å². The molecule has 0 atom stereocenters. The Morgan fingerprint density at radius 2 is 0.811 bits per heavy atom. The second kappa shape index (κ2) is 20.9. The molecule has 0 fully saturated rings. The Morgan fingerprint density at radius 1 is 0.311 bits per heavy atom. The summed E-state index contributed by atoms with van der Waals surface area (Å²) >= 11 is 1.89. The van der Waals surface area contributed by atoms with Crippen molar-refractivity contribution < 1.29 is 4.42 Å². The molecule has 1 aliphatic carbocycles. The number of nitrogens with zero attached hydrogens (tertiary/aromatic N) is 3. The predicted molar refractivity (Wildman–Crippen MR) is 375 cm³/mol. The molecule has 4 nitrogen and oxygen atoms in total. The highest BCUT2D eigenvalue weighted by Crippen LogP contribution is 2.64. The molecule has 0 unspecified atom stereocenters. The minimum atomic E-state index is -0.669. The van der Waals surface area contributed by atoms with Crippen LogP contribution < -0.4 is 9.80 Å². The third-order valence-corrected chi connectivity index (χ3v) is 19.9. The standard InChI is InChI=1S/C85H55N3OS/c1-4-24-56(25-5-1)57-46-50-61(51-47-57)86(79-43-22-35-69-82-78(42-23-44-80(82)89-83(69)79)88(60-28-8-3-9-29-60)75-39-18-12-30-64(75)58-26-6-2-7-27-58)63-54-70(59-48-52-62(53-49-59)87-76-40-19-13-33-67(76)68-34-14-20-41-77(68)87)84-74(55-63)85(73-38-17-21-45-81(73)90-84)71-36-15-10-31-65(71)66-32-11-16-37-72(66)85/h1-55H. The molecule has 0 amide bonds. The molecule has 2 aromatic heterocycles. The number of anilines is 6. The van der Waals surface area contributed by atoms with Crippen molar-refractivity contribution in [2.45, 2.75) is 15.2 Å². The summed E-state index contributed by atoms with van der Waals surface area (Å²) in [6, 6.07) is 122. The summed E-state index contributed by atoms with van der Waals surface area (Å²) in [5.74, 6) is 0. The molecule has 3 heterocycles. The molecular formula is C85H55N3OS. The zero-order valence-corrected chi connectivity index (χ0v) is 49.7. The van der Waals surface area contributed by atoms with Crippen LogP contribution in [-0.4, -0.2) is 4.57 Å². The van der Waals surface area contributed by atoms with Gasteiger partial charge in [0.2, 0.25) is 0 Å². The molecule has 14 aromatic carbocycles. The molecule has 0 saturated heterocycles. The van der Waals surface area contributed by atoms with Crippen molar-refractivity contribution in [1.82, 2.24) is 4.57 Å². The van der Waals surface area contributed by atoms with Gasteiger partial charge in [0, 0.05) is 54.3 Å². The van der Waals surface area contributed by atoms with E-state index >= 15 is 0 Å². The van der Waals surface area contributed by atoms with E-state index in [4.69, 9.17) is 4.42 Å². The van der Waals surface area contributed by atoms with E-state index in [-0.39, 0.29) is 0 Å². The predicted octanol–water partition coefficient (Wildman–Crippen LogP) is 23.5. The van der Waals surface area contributed by atoms with E-state index in [9.17, 15) is 0 Å². The van der Waals surface area contributed by atoms with Crippen LogP contribution in [0.2, 0.25) is 0 Å². The van der Waals surface area contributed by atoms with Crippen LogP contribution in [0.1, 0.15) is 22.3 Å². The maximum absolute atomic E-state index is 7.47. The first kappa shape index (κ1) is 51.8. The lowest BCUT2D eigenvalue weighted by Crippen LogP contribution is -2.32. The fourth-order valence-electron chi connectivity index (χ4n) is 14.8. The summed E-state index contributed by atoms with van der Waals surface area (Å²) in [7, 11) is 0. The number of aromatic nitrogens is 1. The van der Waals surface area contributed by atoms with Crippen LogP contribution >= 0.6 is 11.8 Å². The van der Waals surface area contributed by atoms with Crippen molar-refractivity contribution in [3.63, 3.8) is 0 Å². The zero-order chi connectivity index (χ0) is 59.3. The second-order valence-electron chi connectivity index (χ2n) is 23.4. The van der Waals surface area contributed by atoms with Crippen LogP contribution in [-0.2, 0) is 5.41 Å². The van der Waals surface area contributed by atoms with Gasteiger partial charge in [-0.05, 0) is 152 Å². The van der Waals surface area contributed by atoms with Gasteiger partial charge in [-0.15, -0.1) is 0 Å². The van der Waals surface area contributed by atoms with Crippen LogP contribution in [0.15, 0.2) is 348 Å². The lowest BCUT2D eigenvalue weighted by molar-refractivity contribution is 0.669. The lowest BCUT2D eigenvalue weighted by atomic mass is 9.66. The largest absolute Gasteiger partial charge is 0.454 e. The number of fused-ring (bicyclic) bond motifs is 15. The smallest absolute Gasteiger partial charge is 0.159 e. The van der Waals surface area contributed by atoms with Crippen LogP contribution in [0, 0.1) is 0 Å². The fourth-order valence-corrected chi connectivity index (χ4v) is 16.1. The van der Waals surface area contributed by atoms with Crippen LogP contribution in [0.25, 0.3) is 93.9 Å². The SMILES string of the molecule is c1ccc(-c2ccc(N(c3cc(-c4ccc(-n5c6ccccc6c6ccccc65)cc4)c4c(c3)C3(c5ccccc5S4)c4ccccc4-c4ccccc43)c3cccc4c3oc3cccc(N(c5ccccc5)c5ccccc5-c5ccccc5)c34)cc2)cc1. The van der Waals surface area contributed by atoms with Gasteiger partial charge >= 0.3 is 0 Å². The minimum Gasteiger partial charge on any atom is -0.454 e. The van der Waals surface area contributed by atoms with Gasteiger partial charge < -0.3 is 18.8 Å². The third kappa shape index (κ3) is 7.96. The maximum atomic E-state index is 7.47. The van der Waals surface area contributed by atoms with Crippen LogP contribution in [0.3, 0.4) is 0 Å². The fraction of sp³-hybridized carbons (Fsp3) is 0.0118. The molecule has 5 heteroatoms. The Hall–Kier alpha value is -11.4. The molecule has 16 aromatic rings. The first-order valence-electron chi connectivity index (χ1n) is 30.8. The molecule has 90 heavy (non-hydrogen) atoms. The molecular weight excluding hydrogens is 1110 g/mol. The van der Waals surface area contributed by atoms with Gasteiger partial charge in [0.05, 0.1) is 38.9 Å². The van der Waals surface area contributed by atoms with Crippen molar-refractivity contribution in [2.75, 3.05) is 9.80 Å². The normalized spacial score (nSPS) is 12.7. The Balaban J connectivity index is 0.911. The Kier molecular flexibility index (Phi) is 12.0. The van der Waals surface area contributed by atoms with Gasteiger partial charge in [0.25, 0.3) is 0 Å². The quantitative estimate of drug-likeness (QED) is 0.136. The van der Waals surface area contributed by atoms with Crippen molar-refractivity contribution >= 4 is 89.6 Å². The van der Waals surface area contributed by atoms with Crippen molar-refractivity contribution in [2.24, 2.45) is 0 Å². The molecule has 18 rings (SSSR count). The number of hydrogen-bond donors (Lipinski definition) is 0. The Bertz CT molecular complexity index is 5360. The molecule has 0 radical (unpaired) electrons. The van der Waals surface area contributed by atoms with Gasteiger partial charge in [0.1, 0.15) is 5.58 Å². The number of furan rings is 1. The lowest BCUT2D eigenvalue weighted by Gasteiger charge is -2.41. The number of benzene rings is 14. The van der Waals surface area contributed by atoms with Crippen LogP contribution in [0.4, 0.5) is 34.1 Å². The average Bonchev–Trinajstić information content (AvgIpc) is 1.44. The molecule has 422 valence electrons. The van der Waals surface area contributed by atoms with Crippen molar-refractivity contribution in [3.05, 3.63) is 356 Å². The molecule has 1 aliphatic heterocycles. The molecule has 1 spiro atoms. The van der Waals surface area contributed by atoms with E-state index in [0.717, 1.165) is 95.1 Å². The first-order chi connectivity index (χ1) is 44.7. The van der Waals surface area contributed by atoms with E-state index in [2.05, 4.69) is 348 Å². The maximum Gasteiger partial charge on any atom is 0.159 e. The highest BCUT2D eigenvalue weighted by Gasteiger charge is 2.51. The number of para-hydroxylation sites is 5. The minimum absolute atomic E-state index is 0.669. The van der Waals surface area contributed by atoms with Crippen LogP contribution in [0.5, 0.6) is 0 Å². The average molecular weight is 1170 g/mol. The van der Waals surface area contributed by atoms with Gasteiger partial charge in [-0.25, -0.2) is 0 Å². The Labute approximate surface area is 526 Å². The molecule has 0 bridgehead atoms. The van der Waals surface area contributed by atoms with Gasteiger partial charge in [-0.2, -0.15) is 0 Å². The Morgan fingerprint density at radius 3 is 1.51 bits per heavy atom. The monoisotopic (exact) mass is 1170 g/mol. The van der Waals surface area contributed by atoms with Crippen molar-refractivity contribution in [3.8, 4) is 50.2 Å². The van der Waals surface area contributed by atoms with E-state index < -0.39 is 5.41 Å². The van der Waals surface area contributed by atoms with Gasteiger partial charge in [0.15, 0.2) is 5.58 Å². The zero-order valence-electron chi connectivity index (χ0n) is 48.9. The van der Waals surface area contributed by atoms with E-state index in [1.54, 1.807) is 0 Å². The van der Waals surface area contributed by atoms with Gasteiger partial charge in [-0.3, -0.25) is 0 Å². The molecule has 0 saturated carbocycles.